The molecule has 2 atom stereocenters. The first kappa shape index (κ1) is 14.4. The highest BCUT2D eigenvalue weighted by molar-refractivity contribution is 5.79. The second kappa shape index (κ2) is 8.68. The second-order valence-corrected chi connectivity index (χ2v) is 4.00. The maximum Gasteiger partial charge on any atom is 0.234 e. The highest BCUT2D eigenvalue weighted by atomic mass is 16.5. The summed E-state index contributed by atoms with van der Waals surface area (Å²) in [6.07, 6.45) is 3.01. The van der Waals surface area contributed by atoms with Crippen molar-refractivity contribution < 1.29 is 9.53 Å². The molecule has 0 spiro atoms. The summed E-state index contributed by atoms with van der Waals surface area (Å²) < 4.78 is 5.48. The molecule has 0 saturated carbocycles. The van der Waals surface area contributed by atoms with E-state index in [1.807, 2.05) is 0 Å². The zero-order valence-corrected chi connectivity index (χ0v) is 10.1. The Labute approximate surface area is 92.6 Å². The Morgan fingerprint density at radius 1 is 1.47 bits per heavy atom. The van der Waals surface area contributed by atoms with E-state index in [0.29, 0.717) is 18.9 Å². The van der Waals surface area contributed by atoms with Gasteiger partial charge in [-0.1, -0.05) is 20.3 Å². The summed E-state index contributed by atoms with van der Waals surface area (Å²) in [5, 5.41) is 2.86. The Bertz CT molecular complexity index is 174. The molecular weight excluding hydrogens is 192 g/mol. The smallest absolute Gasteiger partial charge is 0.234 e. The molecule has 4 heteroatoms. The van der Waals surface area contributed by atoms with E-state index in [1.165, 1.54) is 12.8 Å². The van der Waals surface area contributed by atoms with Gasteiger partial charge >= 0.3 is 0 Å². The minimum atomic E-state index is -0.317. The molecule has 0 radical (unpaired) electrons. The first-order valence-corrected chi connectivity index (χ1v) is 5.66. The number of hydrogen-bond acceptors (Lipinski definition) is 3. The summed E-state index contributed by atoms with van der Waals surface area (Å²) in [5.41, 5.74) is 5.18. The van der Waals surface area contributed by atoms with Crippen LogP contribution in [0.3, 0.4) is 0 Å². The molecule has 0 rings (SSSR count). The summed E-state index contributed by atoms with van der Waals surface area (Å²) in [4.78, 5) is 10.9. The molecule has 0 aliphatic rings. The lowest BCUT2D eigenvalue weighted by Crippen LogP contribution is -2.39. The molecule has 0 aliphatic heterocycles. The number of ether oxygens (including phenoxy) is 1. The molecule has 90 valence electrons. The van der Waals surface area contributed by atoms with Gasteiger partial charge in [-0.05, 0) is 25.8 Å². The normalized spacial score (nSPS) is 14.9. The Balaban J connectivity index is 3.48. The lowest BCUT2D eigenvalue weighted by atomic mass is 10.1. The number of nitrogens with two attached hydrogens (primary N) is 1. The van der Waals surface area contributed by atoms with Gasteiger partial charge in [0.1, 0.15) is 0 Å². The molecule has 0 fully saturated rings. The maximum absolute atomic E-state index is 10.9. The third-order valence-electron chi connectivity index (χ3n) is 2.43. The number of hydrogen-bond donors (Lipinski definition) is 2. The molecule has 1 amide bonds. The van der Waals surface area contributed by atoms with Crippen molar-refractivity contribution in [1.29, 1.82) is 0 Å². The van der Waals surface area contributed by atoms with Crippen LogP contribution in [0.1, 0.15) is 33.1 Å². The van der Waals surface area contributed by atoms with Crippen molar-refractivity contribution in [3.8, 4) is 0 Å². The standard InChI is InChI=1S/C11H24N2O2/c1-4-5-9(2)8-15-7-6-10(13-3)11(12)14/h9-10,13H,4-8H2,1-3H3,(H2,12,14). The summed E-state index contributed by atoms with van der Waals surface area (Å²) >= 11 is 0. The number of carbonyl (C=O) groups is 1. The van der Waals surface area contributed by atoms with E-state index in [0.717, 1.165) is 6.61 Å². The van der Waals surface area contributed by atoms with Gasteiger partial charge in [-0.15, -0.1) is 0 Å². The van der Waals surface area contributed by atoms with Gasteiger partial charge in [-0.25, -0.2) is 0 Å². The van der Waals surface area contributed by atoms with E-state index < -0.39 is 0 Å². The lowest BCUT2D eigenvalue weighted by molar-refractivity contribution is -0.120. The fourth-order valence-corrected chi connectivity index (χ4v) is 1.49. The second-order valence-electron chi connectivity index (χ2n) is 4.00. The molecule has 0 aromatic carbocycles. The summed E-state index contributed by atoms with van der Waals surface area (Å²) in [6, 6.07) is -0.272. The van der Waals surface area contributed by atoms with Gasteiger partial charge in [0.15, 0.2) is 0 Å². The molecule has 0 heterocycles. The van der Waals surface area contributed by atoms with Gasteiger partial charge in [0, 0.05) is 13.2 Å². The topological polar surface area (TPSA) is 64.3 Å². The van der Waals surface area contributed by atoms with Gasteiger partial charge < -0.3 is 15.8 Å². The van der Waals surface area contributed by atoms with Crippen LogP contribution in [0.2, 0.25) is 0 Å². The van der Waals surface area contributed by atoms with Crippen LogP contribution in [0.4, 0.5) is 0 Å². The van der Waals surface area contributed by atoms with Gasteiger partial charge in [0.25, 0.3) is 0 Å². The van der Waals surface area contributed by atoms with Gasteiger partial charge in [0.2, 0.25) is 5.91 Å². The monoisotopic (exact) mass is 216 g/mol. The number of carbonyl (C=O) groups excluding carboxylic acids is 1. The van der Waals surface area contributed by atoms with Crippen molar-refractivity contribution in [2.24, 2.45) is 11.7 Å². The molecule has 0 saturated heterocycles. The van der Waals surface area contributed by atoms with Crippen molar-refractivity contribution in [2.45, 2.75) is 39.2 Å². The minimum Gasteiger partial charge on any atom is -0.381 e. The Morgan fingerprint density at radius 3 is 2.60 bits per heavy atom. The number of primary amides is 1. The molecule has 0 aromatic rings. The summed E-state index contributed by atoms with van der Waals surface area (Å²) in [6.45, 7) is 5.69. The zero-order valence-electron chi connectivity index (χ0n) is 10.1. The molecule has 2 unspecified atom stereocenters. The number of amides is 1. The highest BCUT2D eigenvalue weighted by Crippen LogP contribution is 2.05. The third kappa shape index (κ3) is 7.33. The van der Waals surface area contributed by atoms with Crippen molar-refractivity contribution in [1.82, 2.24) is 5.32 Å². The van der Waals surface area contributed by atoms with Crippen LogP contribution >= 0.6 is 0 Å². The number of rotatable bonds is 9. The van der Waals surface area contributed by atoms with E-state index in [9.17, 15) is 4.79 Å². The van der Waals surface area contributed by atoms with Crippen LogP contribution in [0.25, 0.3) is 0 Å². The van der Waals surface area contributed by atoms with E-state index in [4.69, 9.17) is 10.5 Å². The van der Waals surface area contributed by atoms with Crippen LogP contribution in [0.5, 0.6) is 0 Å². The van der Waals surface area contributed by atoms with Crippen molar-refractivity contribution in [3.63, 3.8) is 0 Å². The van der Waals surface area contributed by atoms with Crippen molar-refractivity contribution in [2.75, 3.05) is 20.3 Å². The van der Waals surface area contributed by atoms with Crippen LogP contribution in [-0.2, 0) is 9.53 Å². The predicted molar refractivity (Wildman–Crippen MR) is 61.6 cm³/mol. The first-order chi connectivity index (χ1) is 7.11. The summed E-state index contributed by atoms with van der Waals surface area (Å²) in [7, 11) is 1.73. The maximum atomic E-state index is 10.9. The van der Waals surface area contributed by atoms with Gasteiger partial charge in [0.05, 0.1) is 6.04 Å². The third-order valence-corrected chi connectivity index (χ3v) is 2.43. The van der Waals surface area contributed by atoms with Crippen molar-refractivity contribution >= 4 is 5.91 Å². The quantitative estimate of drug-likeness (QED) is 0.563. The SMILES string of the molecule is CCCC(C)COCCC(NC)C(N)=O. The number of likely N-dealkylation sites (N-methyl/N-ethyl adjacent to an activating group) is 1. The molecule has 0 aliphatic carbocycles. The molecule has 0 aromatic heterocycles. The fourth-order valence-electron chi connectivity index (χ4n) is 1.49. The molecule has 4 nitrogen and oxygen atoms in total. The number of nitrogens with one attached hydrogen (secondary N) is 1. The Kier molecular flexibility index (Phi) is 8.33. The van der Waals surface area contributed by atoms with E-state index in [1.54, 1.807) is 7.05 Å². The molecule has 3 N–H and O–H groups in total. The van der Waals surface area contributed by atoms with Gasteiger partial charge in [-0.3, -0.25) is 4.79 Å². The average Bonchev–Trinajstić information content (AvgIpc) is 2.17. The fraction of sp³-hybridized carbons (Fsp3) is 0.909. The highest BCUT2D eigenvalue weighted by Gasteiger charge is 2.11. The minimum absolute atomic E-state index is 0.272. The molecular formula is C11H24N2O2. The van der Waals surface area contributed by atoms with E-state index in [2.05, 4.69) is 19.2 Å². The van der Waals surface area contributed by atoms with Gasteiger partial charge in [-0.2, -0.15) is 0 Å². The Hall–Kier alpha value is -0.610. The Morgan fingerprint density at radius 2 is 2.13 bits per heavy atom. The largest absolute Gasteiger partial charge is 0.381 e. The van der Waals surface area contributed by atoms with Crippen LogP contribution in [-0.4, -0.2) is 32.2 Å². The lowest BCUT2D eigenvalue weighted by Gasteiger charge is -2.14. The first-order valence-electron chi connectivity index (χ1n) is 5.66. The zero-order chi connectivity index (χ0) is 11.7. The van der Waals surface area contributed by atoms with Crippen molar-refractivity contribution in [3.05, 3.63) is 0 Å². The van der Waals surface area contributed by atoms with Crippen LogP contribution in [0, 0.1) is 5.92 Å². The van der Waals surface area contributed by atoms with Crippen LogP contribution < -0.4 is 11.1 Å². The van der Waals surface area contributed by atoms with E-state index >= 15 is 0 Å². The average molecular weight is 216 g/mol. The van der Waals surface area contributed by atoms with Crippen LogP contribution in [0.15, 0.2) is 0 Å². The predicted octanol–water partition coefficient (Wildman–Crippen LogP) is 0.903. The summed E-state index contributed by atoms with van der Waals surface area (Å²) in [5.74, 6) is 0.277. The molecule has 0 bridgehead atoms. The molecule has 15 heavy (non-hydrogen) atoms. The van der Waals surface area contributed by atoms with E-state index in [-0.39, 0.29) is 11.9 Å².